The van der Waals surface area contributed by atoms with E-state index in [0.29, 0.717) is 23.8 Å². The van der Waals surface area contributed by atoms with Crippen molar-refractivity contribution in [3.63, 3.8) is 0 Å². The number of nitrogens with zero attached hydrogens (tertiary/aromatic N) is 4. The second kappa shape index (κ2) is 13.7. The van der Waals surface area contributed by atoms with E-state index in [1.807, 2.05) is 37.4 Å². The average Bonchev–Trinajstić information content (AvgIpc) is 3.31. The number of rotatable bonds is 14. The van der Waals surface area contributed by atoms with Gasteiger partial charge in [0.1, 0.15) is 0 Å². The lowest BCUT2D eigenvalue weighted by Gasteiger charge is -2.23. The third-order valence-electron chi connectivity index (χ3n) is 5.66. The number of ether oxygens (including phenoxy) is 2. The molecule has 0 unspecified atom stereocenters. The van der Waals surface area contributed by atoms with Crippen molar-refractivity contribution in [2.45, 2.75) is 9.79 Å². The molecule has 1 amide bonds. The average molecular weight is 567 g/mol. The molecule has 3 aromatic rings. The van der Waals surface area contributed by atoms with E-state index < -0.39 is 10.0 Å². The molecule has 0 atom stereocenters. The standard InChI is InChI=1S/C25H34N4O5S3/c1-27(2)12-13-29(25-26-22-11-8-20(35-5)18-23(22)36-25)24(30)19-6-9-21(10-7-19)37(31,32)28(14-16-33-3)15-17-34-4/h6-11,18H,12-17H2,1-5H3. The van der Waals surface area contributed by atoms with Crippen LogP contribution in [0.1, 0.15) is 10.4 Å². The summed E-state index contributed by atoms with van der Waals surface area (Å²) in [4.78, 5) is 23.2. The first kappa shape index (κ1) is 29.5. The molecular weight excluding hydrogens is 532 g/mol. The molecule has 1 heterocycles. The quantitative estimate of drug-likeness (QED) is 0.274. The van der Waals surface area contributed by atoms with Crippen LogP contribution in [0.25, 0.3) is 10.2 Å². The van der Waals surface area contributed by atoms with Gasteiger partial charge in [-0.15, -0.1) is 11.8 Å². The van der Waals surface area contributed by atoms with Crippen molar-refractivity contribution >= 4 is 54.4 Å². The Morgan fingerprint density at radius 1 is 0.973 bits per heavy atom. The van der Waals surface area contributed by atoms with E-state index in [1.165, 1.54) is 42.0 Å². The summed E-state index contributed by atoms with van der Waals surface area (Å²) in [5, 5.41) is 0.613. The number of thiazole rings is 1. The molecule has 0 saturated heterocycles. The Morgan fingerprint density at radius 3 is 2.19 bits per heavy atom. The largest absolute Gasteiger partial charge is 0.383 e. The Morgan fingerprint density at radius 2 is 1.62 bits per heavy atom. The van der Waals surface area contributed by atoms with Gasteiger partial charge in [-0.3, -0.25) is 9.69 Å². The second-order valence-corrected chi connectivity index (χ2v) is 12.3. The summed E-state index contributed by atoms with van der Waals surface area (Å²) in [7, 11) is 3.17. The van der Waals surface area contributed by atoms with Gasteiger partial charge in [0.25, 0.3) is 5.91 Å². The molecule has 202 valence electrons. The van der Waals surface area contributed by atoms with Crippen molar-refractivity contribution in [1.29, 1.82) is 0 Å². The number of benzene rings is 2. The van der Waals surface area contributed by atoms with E-state index in [4.69, 9.17) is 14.5 Å². The molecule has 37 heavy (non-hydrogen) atoms. The minimum Gasteiger partial charge on any atom is -0.383 e. The van der Waals surface area contributed by atoms with Crippen LogP contribution < -0.4 is 4.90 Å². The Hall–Kier alpha value is -2.06. The van der Waals surface area contributed by atoms with E-state index in [9.17, 15) is 13.2 Å². The zero-order chi connectivity index (χ0) is 27.0. The highest BCUT2D eigenvalue weighted by Gasteiger charge is 2.26. The summed E-state index contributed by atoms with van der Waals surface area (Å²) in [6.45, 7) is 2.04. The Labute approximate surface area is 227 Å². The Kier molecular flexibility index (Phi) is 10.9. The second-order valence-electron chi connectivity index (χ2n) is 8.50. The predicted molar refractivity (Wildman–Crippen MR) is 151 cm³/mol. The minimum absolute atomic E-state index is 0.112. The summed E-state index contributed by atoms with van der Waals surface area (Å²) in [6, 6.07) is 12.1. The summed E-state index contributed by atoms with van der Waals surface area (Å²) in [5.41, 5.74) is 1.23. The molecule has 2 aromatic carbocycles. The number of carbonyl (C=O) groups excluding carboxylic acids is 1. The van der Waals surface area contributed by atoms with Crippen LogP contribution in [0, 0.1) is 0 Å². The summed E-state index contributed by atoms with van der Waals surface area (Å²) in [6.07, 6.45) is 2.02. The molecule has 0 radical (unpaired) electrons. The Bertz CT molecular complexity index is 1270. The molecule has 0 saturated carbocycles. The molecule has 0 aliphatic carbocycles. The maximum Gasteiger partial charge on any atom is 0.260 e. The van der Waals surface area contributed by atoms with E-state index >= 15 is 0 Å². The van der Waals surface area contributed by atoms with Crippen molar-refractivity contribution in [3.8, 4) is 0 Å². The van der Waals surface area contributed by atoms with Gasteiger partial charge in [0, 0.05) is 50.9 Å². The van der Waals surface area contributed by atoms with Crippen LogP contribution in [0.4, 0.5) is 5.13 Å². The van der Waals surface area contributed by atoms with Crippen LogP contribution >= 0.6 is 23.1 Å². The topological polar surface area (TPSA) is 92.3 Å². The van der Waals surface area contributed by atoms with Gasteiger partial charge in [0.15, 0.2) is 5.13 Å². The molecule has 0 aliphatic rings. The molecule has 1 aromatic heterocycles. The number of thioether (sulfide) groups is 1. The third-order valence-corrected chi connectivity index (χ3v) is 9.34. The SMILES string of the molecule is COCCN(CCOC)S(=O)(=O)c1ccc(C(=O)N(CCN(C)C)c2nc3ccc(SC)cc3s2)cc1. The first-order valence-electron chi connectivity index (χ1n) is 11.7. The number of hydrogen-bond donors (Lipinski definition) is 0. The lowest BCUT2D eigenvalue weighted by Crippen LogP contribution is -2.37. The molecule has 0 bridgehead atoms. The summed E-state index contributed by atoms with van der Waals surface area (Å²) >= 11 is 3.13. The smallest absolute Gasteiger partial charge is 0.260 e. The summed E-state index contributed by atoms with van der Waals surface area (Å²) < 4.78 is 38.9. The lowest BCUT2D eigenvalue weighted by atomic mass is 10.2. The number of likely N-dealkylation sites (N-methyl/N-ethyl adjacent to an activating group) is 1. The number of aromatic nitrogens is 1. The normalized spacial score (nSPS) is 12.1. The molecule has 3 rings (SSSR count). The lowest BCUT2D eigenvalue weighted by molar-refractivity contribution is 0.0985. The van der Waals surface area contributed by atoms with E-state index in [-0.39, 0.29) is 37.1 Å². The maximum absolute atomic E-state index is 13.6. The monoisotopic (exact) mass is 566 g/mol. The minimum atomic E-state index is -3.78. The van der Waals surface area contributed by atoms with Crippen molar-refractivity contribution < 1.29 is 22.7 Å². The number of anilines is 1. The highest BCUT2D eigenvalue weighted by atomic mass is 32.2. The molecule has 12 heteroatoms. The van der Waals surface area contributed by atoms with Gasteiger partial charge >= 0.3 is 0 Å². The van der Waals surface area contributed by atoms with Crippen LogP contribution in [-0.4, -0.2) is 102 Å². The fourth-order valence-corrected chi connectivity index (χ4v) is 6.48. The van der Waals surface area contributed by atoms with E-state index in [2.05, 4.69) is 6.07 Å². The number of carbonyl (C=O) groups is 1. The van der Waals surface area contributed by atoms with Gasteiger partial charge in [0.2, 0.25) is 10.0 Å². The zero-order valence-electron chi connectivity index (χ0n) is 21.8. The van der Waals surface area contributed by atoms with Crippen molar-refractivity contribution in [1.82, 2.24) is 14.2 Å². The van der Waals surface area contributed by atoms with Crippen LogP contribution in [0.3, 0.4) is 0 Å². The summed E-state index contributed by atoms with van der Waals surface area (Å²) in [5.74, 6) is -0.231. The van der Waals surface area contributed by atoms with E-state index in [0.717, 1.165) is 15.1 Å². The first-order chi connectivity index (χ1) is 17.7. The fourth-order valence-electron chi connectivity index (χ4n) is 3.53. The molecule has 0 fully saturated rings. The fraction of sp³-hybridized carbons (Fsp3) is 0.440. The molecule has 0 aliphatic heterocycles. The first-order valence-corrected chi connectivity index (χ1v) is 15.2. The molecule has 0 N–H and O–H groups in total. The van der Waals surface area contributed by atoms with Gasteiger partial charge in [-0.1, -0.05) is 11.3 Å². The zero-order valence-corrected chi connectivity index (χ0v) is 24.3. The number of methoxy groups -OCH3 is 2. The van der Waals surface area contributed by atoms with Crippen LogP contribution in [0.5, 0.6) is 0 Å². The van der Waals surface area contributed by atoms with Crippen LogP contribution in [-0.2, 0) is 19.5 Å². The van der Waals surface area contributed by atoms with E-state index in [1.54, 1.807) is 28.8 Å². The van der Waals surface area contributed by atoms with Gasteiger partial charge in [-0.2, -0.15) is 4.31 Å². The number of hydrogen-bond acceptors (Lipinski definition) is 9. The number of sulfonamides is 1. The molecule has 9 nitrogen and oxygen atoms in total. The molecule has 0 spiro atoms. The van der Waals surface area contributed by atoms with Gasteiger partial charge in [0.05, 0.1) is 28.3 Å². The highest BCUT2D eigenvalue weighted by Crippen LogP contribution is 2.32. The third kappa shape index (κ3) is 7.50. The van der Waals surface area contributed by atoms with Gasteiger partial charge < -0.3 is 14.4 Å². The maximum atomic E-state index is 13.6. The van der Waals surface area contributed by atoms with Gasteiger partial charge in [-0.05, 0) is 62.8 Å². The number of fused-ring (bicyclic) bond motifs is 1. The highest BCUT2D eigenvalue weighted by molar-refractivity contribution is 7.98. The van der Waals surface area contributed by atoms with Crippen molar-refractivity contribution in [2.24, 2.45) is 0 Å². The van der Waals surface area contributed by atoms with Crippen molar-refractivity contribution in [3.05, 3.63) is 48.0 Å². The van der Waals surface area contributed by atoms with Crippen LogP contribution in [0.15, 0.2) is 52.3 Å². The van der Waals surface area contributed by atoms with Crippen LogP contribution in [0.2, 0.25) is 0 Å². The van der Waals surface area contributed by atoms with Crippen molar-refractivity contribution in [2.75, 3.05) is 78.9 Å². The van der Waals surface area contributed by atoms with Gasteiger partial charge in [-0.25, -0.2) is 13.4 Å². The molecular formula is C25H34N4O5S3. The Balaban J connectivity index is 1.89. The number of amides is 1. The predicted octanol–water partition coefficient (Wildman–Crippen LogP) is 3.51.